The molecule has 0 spiro atoms. The van der Waals surface area contributed by atoms with E-state index in [1.807, 2.05) is 13.8 Å². The molecule has 6 heteroatoms. The summed E-state index contributed by atoms with van der Waals surface area (Å²) in [6.07, 6.45) is -0.646. The smallest absolute Gasteiger partial charge is 0.418 e. The number of carbonyl (C=O) groups excluding carboxylic acids is 2. The lowest BCUT2D eigenvalue weighted by Crippen LogP contribution is -2.35. The average molecular weight is 252 g/mol. The van der Waals surface area contributed by atoms with Gasteiger partial charge in [0.1, 0.15) is 0 Å². The first-order valence-corrected chi connectivity index (χ1v) is 5.81. The molecular formula is C12H16N2O4. The van der Waals surface area contributed by atoms with Crippen LogP contribution in [0, 0.1) is 0 Å². The predicted octanol–water partition coefficient (Wildman–Crippen LogP) is 2.06. The van der Waals surface area contributed by atoms with Gasteiger partial charge in [-0.2, -0.15) is 0 Å². The van der Waals surface area contributed by atoms with Gasteiger partial charge in [0.25, 0.3) is 5.91 Å². The molecule has 18 heavy (non-hydrogen) atoms. The summed E-state index contributed by atoms with van der Waals surface area (Å²) in [5, 5.41) is 3.88. The van der Waals surface area contributed by atoms with Crippen molar-refractivity contribution in [3.63, 3.8) is 0 Å². The molecule has 2 amide bonds. The third kappa shape index (κ3) is 2.10. The van der Waals surface area contributed by atoms with Crippen molar-refractivity contribution in [1.29, 1.82) is 0 Å². The summed E-state index contributed by atoms with van der Waals surface area (Å²) in [6, 6.07) is 1.75. The third-order valence-corrected chi connectivity index (χ3v) is 2.81. The van der Waals surface area contributed by atoms with Crippen molar-refractivity contribution >= 4 is 12.0 Å². The maximum absolute atomic E-state index is 11.9. The number of hydrogen-bond acceptors (Lipinski definition) is 5. The summed E-state index contributed by atoms with van der Waals surface area (Å²) in [6.45, 7) is 7.15. The fourth-order valence-corrected chi connectivity index (χ4v) is 1.69. The van der Waals surface area contributed by atoms with Crippen molar-refractivity contribution in [2.75, 3.05) is 0 Å². The van der Waals surface area contributed by atoms with Gasteiger partial charge in [0.05, 0.1) is 12.2 Å². The lowest BCUT2D eigenvalue weighted by Gasteiger charge is -2.12. The zero-order valence-electron chi connectivity index (χ0n) is 10.9. The van der Waals surface area contributed by atoms with Gasteiger partial charge in [-0.3, -0.25) is 4.79 Å². The molecule has 0 unspecified atom stereocenters. The van der Waals surface area contributed by atoms with E-state index in [-0.39, 0.29) is 18.4 Å². The van der Waals surface area contributed by atoms with Gasteiger partial charge in [0.2, 0.25) is 0 Å². The molecule has 0 bridgehead atoms. The molecule has 1 saturated heterocycles. The Hall–Kier alpha value is -1.85. The van der Waals surface area contributed by atoms with Crippen LogP contribution in [-0.2, 0) is 16.1 Å². The van der Waals surface area contributed by atoms with Gasteiger partial charge in [0, 0.05) is 6.07 Å². The van der Waals surface area contributed by atoms with Crippen LogP contribution >= 0.6 is 0 Å². The highest BCUT2D eigenvalue weighted by atomic mass is 16.6. The molecule has 1 aromatic heterocycles. The van der Waals surface area contributed by atoms with E-state index in [0.717, 1.165) is 10.6 Å². The van der Waals surface area contributed by atoms with E-state index < -0.39 is 11.7 Å². The van der Waals surface area contributed by atoms with E-state index in [0.29, 0.717) is 5.76 Å². The summed E-state index contributed by atoms with van der Waals surface area (Å²) in [7, 11) is 0. The van der Waals surface area contributed by atoms with Crippen molar-refractivity contribution in [1.82, 2.24) is 10.1 Å². The lowest BCUT2D eigenvalue weighted by atomic mass is 10.1. The Morgan fingerprint density at radius 1 is 1.39 bits per heavy atom. The van der Waals surface area contributed by atoms with Gasteiger partial charge in [-0.25, -0.2) is 9.69 Å². The van der Waals surface area contributed by atoms with Gasteiger partial charge >= 0.3 is 6.09 Å². The highest BCUT2D eigenvalue weighted by molar-refractivity contribution is 6.02. The molecule has 6 nitrogen and oxygen atoms in total. The van der Waals surface area contributed by atoms with Gasteiger partial charge in [-0.1, -0.05) is 19.0 Å². The molecule has 0 radical (unpaired) electrons. The maximum Gasteiger partial charge on any atom is 0.418 e. The number of cyclic esters (lactones) is 1. The van der Waals surface area contributed by atoms with Crippen LogP contribution < -0.4 is 0 Å². The minimum Gasteiger partial charge on any atom is -0.433 e. The van der Waals surface area contributed by atoms with Crippen LogP contribution in [0.5, 0.6) is 0 Å². The molecular weight excluding hydrogens is 236 g/mol. The molecule has 0 aromatic carbocycles. The average Bonchev–Trinajstić information content (AvgIpc) is 2.78. The Morgan fingerprint density at radius 2 is 2.06 bits per heavy atom. The Morgan fingerprint density at radius 3 is 2.50 bits per heavy atom. The second-order valence-electron chi connectivity index (χ2n) is 5.14. The van der Waals surface area contributed by atoms with Crippen molar-refractivity contribution < 1.29 is 18.8 Å². The molecule has 0 atom stereocenters. The Labute approximate surface area is 105 Å². The van der Waals surface area contributed by atoms with E-state index in [4.69, 9.17) is 9.26 Å². The largest absolute Gasteiger partial charge is 0.433 e. The van der Waals surface area contributed by atoms with Crippen molar-refractivity contribution in [2.24, 2.45) is 0 Å². The van der Waals surface area contributed by atoms with E-state index in [9.17, 15) is 9.59 Å². The third-order valence-electron chi connectivity index (χ3n) is 2.81. The fraction of sp³-hybridized carbons (Fsp3) is 0.583. The van der Waals surface area contributed by atoms with Crippen molar-refractivity contribution in [3.05, 3.63) is 17.5 Å². The number of imide groups is 1. The highest BCUT2D eigenvalue weighted by Gasteiger charge is 2.47. The SMILES string of the molecule is CC(C)c1cc(CN2C(=O)OC(C)(C)C2=O)on1. The number of hydrogen-bond donors (Lipinski definition) is 0. The molecule has 0 N–H and O–H groups in total. The van der Waals surface area contributed by atoms with Crippen LogP contribution in [0.15, 0.2) is 10.6 Å². The first-order chi connectivity index (χ1) is 8.31. The number of rotatable bonds is 3. The van der Waals surface area contributed by atoms with Crippen LogP contribution in [-0.4, -0.2) is 27.7 Å². The first kappa shape index (κ1) is 12.6. The Bertz CT molecular complexity index is 490. The zero-order valence-corrected chi connectivity index (χ0v) is 10.9. The van der Waals surface area contributed by atoms with Crippen molar-refractivity contribution in [2.45, 2.75) is 45.8 Å². The first-order valence-electron chi connectivity index (χ1n) is 5.81. The summed E-state index contributed by atoms with van der Waals surface area (Å²) in [5.41, 5.74) is -0.304. The Balaban J connectivity index is 2.14. The highest BCUT2D eigenvalue weighted by Crippen LogP contribution is 2.25. The summed E-state index contributed by atoms with van der Waals surface area (Å²) < 4.78 is 10.1. The quantitative estimate of drug-likeness (QED) is 0.823. The molecule has 1 aliphatic heterocycles. The van der Waals surface area contributed by atoms with E-state index in [1.165, 1.54) is 0 Å². The van der Waals surface area contributed by atoms with Gasteiger partial charge in [-0.15, -0.1) is 0 Å². The monoisotopic (exact) mass is 252 g/mol. The van der Waals surface area contributed by atoms with Crippen LogP contribution in [0.4, 0.5) is 4.79 Å². The van der Waals surface area contributed by atoms with E-state index in [1.54, 1.807) is 19.9 Å². The minimum atomic E-state index is -1.10. The summed E-state index contributed by atoms with van der Waals surface area (Å²) in [4.78, 5) is 24.5. The number of aromatic nitrogens is 1. The molecule has 2 heterocycles. The maximum atomic E-state index is 11.9. The molecule has 1 aliphatic rings. The van der Waals surface area contributed by atoms with Crippen LogP contribution in [0.2, 0.25) is 0 Å². The van der Waals surface area contributed by atoms with Gasteiger partial charge in [0.15, 0.2) is 11.4 Å². The summed E-state index contributed by atoms with van der Waals surface area (Å²) >= 11 is 0. The van der Waals surface area contributed by atoms with Crippen LogP contribution in [0.1, 0.15) is 45.1 Å². The zero-order chi connectivity index (χ0) is 13.5. The molecule has 1 fully saturated rings. The Kier molecular flexibility index (Phi) is 2.88. The van der Waals surface area contributed by atoms with Crippen LogP contribution in [0.25, 0.3) is 0 Å². The van der Waals surface area contributed by atoms with Gasteiger partial charge < -0.3 is 9.26 Å². The second-order valence-corrected chi connectivity index (χ2v) is 5.14. The number of carbonyl (C=O) groups is 2. The second kappa shape index (κ2) is 4.12. The molecule has 98 valence electrons. The topological polar surface area (TPSA) is 72.6 Å². The molecule has 0 saturated carbocycles. The minimum absolute atomic E-state index is 0.0564. The lowest BCUT2D eigenvalue weighted by molar-refractivity contribution is -0.135. The number of amides is 2. The standard InChI is InChI=1S/C12H16N2O4/c1-7(2)9-5-8(18-13-9)6-14-10(15)12(3,4)17-11(14)16/h5,7H,6H2,1-4H3. The molecule has 0 aliphatic carbocycles. The van der Waals surface area contributed by atoms with Gasteiger partial charge in [-0.05, 0) is 19.8 Å². The van der Waals surface area contributed by atoms with E-state index >= 15 is 0 Å². The number of nitrogens with zero attached hydrogens (tertiary/aromatic N) is 2. The predicted molar refractivity (Wildman–Crippen MR) is 61.7 cm³/mol. The molecule has 2 rings (SSSR count). The number of ether oxygens (including phenoxy) is 1. The van der Waals surface area contributed by atoms with Crippen molar-refractivity contribution in [3.8, 4) is 0 Å². The van der Waals surface area contributed by atoms with E-state index in [2.05, 4.69) is 5.16 Å². The summed E-state index contributed by atoms with van der Waals surface area (Å²) in [5.74, 6) is 0.344. The molecule has 1 aromatic rings. The normalized spacial score (nSPS) is 18.6. The van der Waals surface area contributed by atoms with Crippen LogP contribution in [0.3, 0.4) is 0 Å². The fourth-order valence-electron chi connectivity index (χ4n) is 1.69.